The second-order valence-corrected chi connectivity index (χ2v) is 5.56. The average Bonchev–Trinajstić information content (AvgIpc) is 2.44. The third kappa shape index (κ3) is 3.32. The minimum Gasteiger partial charge on any atom is -0.326 e. The topological polar surface area (TPSA) is 29.0 Å². The fourth-order valence-corrected chi connectivity index (χ4v) is 2.28. The second-order valence-electron chi connectivity index (χ2n) is 5.20. The molecule has 1 aromatic carbocycles. The molecule has 3 nitrogen and oxygen atoms in total. The summed E-state index contributed by atoms with van der Waals surface area (Å²) >= 11 is 6.23. The molecule has 0 aliphatic heterocycles. The van der Waals surface area contributed by atoms with E-state index in [1.54, 1.807) is 6.07 Å². The van der Waals surface area contributed by atoms with Crippen LogP contribution in [0.5, 0.6) is 0 Å². The Morgan fingerprint density at radius 2 is 2.00 bits per heavy atom. The molecule has 21 heavy (non-hydrogen) atoms. The highest BCUT2D eigenvalue weighted by atomic mass is 35.5. The first-order chi connectivity index (χ1) is 9.93. The maximum Gasteiger partial charge on any atom is 0.141 e. The van der Waals surface area contributed by atoms with Gasteiger partial charge in [-0.3, -0.25) is 0 Å². The smallest absolute Gasteiger partial charge is 0.141 e. The van der Waals surface area contributed by atoms with Gasteiger partial charge in [0.2, 0.25) is 0 Å². The third-order valence-corrected chi connectivity index (χ3v) is 3.65. The Balaban J connectivity index is 2.56. The number of halogens is 2. The molecule has 1 aromatic heterocycles. The van der Waals surface area contributed by atoms with E-state index in [1.807, 2.05) is 38.7 Å². The molecular weight excluding hydrogens is 289 g/mol. The molecule has 0 aliphatic rings. The van der Waals surface area contributed by atoms with Crippen molar-refractivity contribution in [2.24, 2.45) is 0 Å². The van der Waals surface area contributed by atoms with Crippen molar-refractivity contribution in [2.75, 3.05) is 11.4 Å². The Morgan fingerprint density at radius 3 is 2.57 bits per heavy atom. The molecule has 0 radical (unpaired) electrons. The van der Waals surface area contributed by atoms with Crippen LogP contribution in [0, 0.1) is 12.7 Å². The molecule has 1 heterocycles. The Bertz CT molecular complexity index is 643. The average molecular weight is 308 g/mol. The number of nitrogens with zero attached hydrogens (tertiary/aromatic N) is 3. The van der Waals surface area contributed by atoms with Crippen LogP contribution in [0.4, 0.5) is 15.9 Å². The van der Waals surface area contributed by atoms with Gasteiger partial charge in [0.1, 0.15) is 22.6 Å². The lowest BCUT2D eigenvalue weighted by atomic mass is 10.2. The van der Waals surface area contributed by atoms with E-state index in [1.165, 1.54) is 12.1 Å². The summed E-state index contributed by atoms with van der Waals surface area (Å²) in [6, 6.07) is 6.47. The zero-order chi connectivity index (χ0) is 15.6. The fourth-order valence-electron chi connectivity index (χ4n) is 2.11. The van der Waals surface area contributed by atoms with E-state index in [-0.39, 0.29) is 11.7 Å². The second kappa shape index (κ2) is 6.39. The first-order valence-corrected chi connectivity index (χ1v) is 7.39. The van der Waals surface area contributed by atoms with E-state index in [2.05, 4.69) is 9.97 Å². The Labute approximate surface area is 129 Å². The van der Waals surface area contributed by atoms with E-state index in [0.29, 0.717) is 17.5 Å². The normalized spacial score (nSPS) is 11.0. The maximum absolute atomic E-state index is 13.5. The Kier molecular flexibility index (Phi) is 4.78. The molecule has 0 N–H and O–H groups in total. The predicted molar refractivity (Wildman–Crippen MR) is 84.9 cm³/mol. The minimum atomic E-state index is -0.271. The molecule has 2 rings (SSSR count). The van der Waals surface area contributed by atoms with Crippen LogP contribution in [0.1, 0.15) is 38.1 Å². The van der Waals surface area contributed by atoms with Gasteiger partial charge in [-0.2, -0.15) is 0 Å². The highest BCUT2D eigenvalue weighted by Crippen LogP contribution is 2.31. The number of anilines is 2. The van der Waals surface area contributed by atoms with Crippen molar-refractivity contribution in [1.82, 2.24) is 9.97 Å². The SMILES string of the molecule is CCN(c1cccc(F)c1)c1nc(C(C)C)nc(Cl)c1C. The Hall–Kier alpha value is -1.68. The quantitative estimate of drug-likeness (QED) is 0.755. The summed E-state index contributed by atoms with van der Waals surface area (Å²) in [4.78, 5) is 10.9. The van der Waals surface area contributed by atoms with Crippen LogP contribution < -0.4 is 4.90 Å². The lowest BCUT2D eigenvalue weighted by Gasteiger charge is -2.25. The molecule has 0 spiro atoms. The Morgan fingerprint density at radius 1 is 1.29 bits per heavy atom. The highest BCUT2D eigenvalue weighted by molar-refractivity contribution is 6.30. The van der Waals surface area contributed by atoms with Gasteiger partial charge in [-0.15, -0.1) is 0 Å². The number of aromatic nitrogens is 2. The van der Waals surface area contributed by atoms with Gasteiger partial charge in [0.05, 0.1) is 0 Å². The van der Waals surface area contributed by atoms with Crippen molar-refractivity contribution in [1.29, 1.82) is 0 Å². The van der Waals surface area contributed by atoms with E-state index in [0.717, 1.165) is 17.1 Å². The number of rotatable bonds is 4. The summed E-state index contributed by atoms with van der Waals surface area (Å²) in [5.41, 5.74) is 1.55. The first kappa shape index (κ1) is 15.7. The summed E-state index contributed by atoms with van der Waals surface area (Å²) in [6.07, 6.45) is 0. The zero-order valence-corrected chi connectivity index (χ0v) is 13.4. The van der Waals surface area contributed by atoms with Gasteiger partial charge in [-0.25, -0.2) is 14.4 Å². The highest BCUT2D eigenvalue weighted by Gasteiger charge is 2.17. The lowest BCUT2D eigenvalue weighted by Crippen LogP contribution is -2.20. The molecule has 0 saturated carbocycles. The van der Waals surface area contributed by atoms with Crippen LogP contribution >= 0.6 is 11.6 Å². The van der Waals surface area contributed by atoms with Crippen molar-refractivity contribution >= 4 is 23.1 Å². The monoisotopic (exact) mass is 307 g/mol. The maximum atomic E-state index is 13.5. The molecule has 112 valence electrons. The van der Waals surface area contributed by atoms with Crippen LogP contribution in [0.3, 0.4) is 0 Å². The van der Waals surface area contributed by atoms with Crippen molar-refractivity contribution in [3.05, 3.63) is 46.6 Å². The van der Waals surface area contributed by atoms with Crippen molar-refractivity contribution in [2.45, 2.75) is 33.6 Å². The first-order valence-electron chi connectivity index (χ1n) is 7.01. The molecule has 0 amide bonds. The van der Waals surface area contributed by atoms with Crippen molar-refractivity contribution < 1.29 is 4.39 Å². The molecule has 0 bridgehead atoms. The van der Waals surface area contributed by atoms with Crippen LogP contribution in [0.15, 0.2) is 24.3 Å². The largest absolute Gasteiger partial charge is 0.326 e. The molecular formula is C16H19ClFN3. The number of benzene rings is 1. The fraction of sp³-hybridized carbons (Fsp3) is 0.375. The van der Waals surface area contributed by atoms with E-state index in [9.17, 15) is 4.39 Å². The summed E-state index contributed by atoms with van der Waals surface area (Å²) < 4.78 is 13.5. The summed E-state index contributed by atoms with van der Waals surface area (Å²) in [5, 5.41) is 0.443. The molecule has 5 heteroatoms. The lowest BCUT2D eigenvalue weighted by molar-refractivity contribution is 0.627. The molecule has 0 fully saturated rings. The number of hydrogen-bond acceptors (Lipinski definition) is 3. The van der Waals surface area contributed by atoms with Gasteiger partial charge >= 0.3 is 0 Å². The van der Waals surface area contributed by atoms with Crippen molar-refractivity contribution in [3.8, 4) is 0 Å². The third-order valence-electron chi connectivity index (χ3n) is 3.29. The van der Waals surface area contributed by atoms with E-state index >= 15 is 0 Å². The molecule has 0 aliphatic carbocycles. The van der Waals surface area contributed by atoms with Gasteiger partial charge in [-0.05, 0) is 32.0 Å². The molecule has 0 unspecified atom stereocenters. The minimum absolute atomic E-state index is 0.174. The zero-order valence-electron chi connectivity index (χ0n) is 12.7. The van der Waals surface area contributed by atoms with Crippen LogP contribution in [-0.2, 0) is 0 Å². The predicted octanol–water partition coefficient (Wildman–Crippen LogP) is 4.86. The van der Waals surface area contributed by atoms with Crippen LogP contribution in [-0.4, -0.2) is 16.5 Å². The van der Waals surface area contributed by atoms with Gasteiger partial charge in [0.25, 0.3) is 0 Å². The molecule has 0 atom stereocenters. The number of hydrogen-bond donors (Lipinski definition) is 0. The van der Waals surface area contributed by atoms with Gasteiger partial charge in [-0.1, -0.05) is 31.5 Å². The molecule has 0 saturated heterocycles. The van der Waals surface area contributed by atoms with Gasteiger partial charge in [0.15, 0.2) is 0 Å². The van der Waals surface area contributed by atoms with Crippen LogP contribution in [0.25, 0.3) is 0 Å². The van der Waals surface area contributed by atoms with Gasteiger partial charge < -0.3 is 4.90 Å². The summed E-state index contributed by atoms with van der Waals surface area (Å²) in [7, 11) is 0. The van der Waals surface area contributed by atoms with Crippen LogP contribution in [0.2, 0.25) is 5.15 Å². The summed E-state index contributed by atoms with van der Waals surface area (Å²) in [6.45, 7) is 8.57. The molecule has 2 aromatic rings. The standard InChI is InChI=1S/C16H19ClFN3/c1-5-21(13-8-6-7-12(18)9-13)16-11(4)14(17)19-15(20-16)10(2)3/h6-10H,5H2,1-4H3. The van der Waals surface area contributed by atoms with Gasteiger partial charge in [0, 0.05) is 23.7 Å². The van der Waals surface area contributed by atoms with E-state index < -0.39 is 0 Å². The van der Waals surface area contributed by atoms with Crippen molar-refractivity contribution in [3.63, 3.8) is 0 Å². The van der Waals surface area contributed by atoms with E-state index in [4.69, 9.17) is 11.6 Å². The summed E-state index contributed by atoms with van der Waals surface area (Å²) in [5.74, 6) is 1.32.